The fraction of sp³-hybridized carbons (Fsp3) is 0.300. The first-order valence-corrected chi connectivity index (χ1v) is 7.10. The Morgan fingerprint density at radius 2 is 2.06 bits per heavy atom. The molecule has 0 saturated carbocycles. The van der Waals surface area contributed by atoms with Crippen molar-refractivity contribution in [3.63, 3.8) is 0 Å². The first kappa shape index (κ1) is 13.8. The maximum Gasteiger partial charge on any atom is 0.242 e. The summed E-state index contributed by atoms with van der Waals surface area (Å²) in [5, 5.41) is 1.76. The summed E-state index contributed by atoms with van der Waals surface area (Å²) >= 11 is 5.70. The van der Waals surface area contributed by atoms with E-state index < -0.39 is 21.0 Å². The third kappa shape index (κ3) is 3.61. The number of halogens is 1. The van der Waals surface area contributed by atoms with Crippen molar-refractivity contribution in [2.75, 3.05) is 17.3 Å². The third-order valence-corrected chi connectivity index (χ3v) is 4.02. The van der Waals surface area contributed by atoms with Gasteiger partial charge in [-0.15, -0.1) is 0 Å². The number of carbonyl (C=O) groups is 1. The Kier molecular flexibility index (Phi) is 4.00. The van der Waals surface area contributed by atoms with Crippen LogP contribution in [0, 0.1) is 0 Å². The van der Waals surface area contributed by atoms with Gasteiger partial charge in [0, 0.05) is 11.3 Å². The Morgan fingerprint density at radius 1 is 1.47 bits per heavy atom. The molecule has 0 heterocycles. The molecule has 0 fully saturated rings. The highest BCUT2D eigenvalue weighted by atomic mass is 35.5. The second kappa shape index (κ2) is 4.93. The van der Waals surface area contributed by atoms with Crippen molar-refractivity contribution in [1.29, 1.82) is 0 Å². The molecule has 0 radical (unpaired) electrons. The SMILES string of the molecule is CC(C(=O)Nc1ccc(Cl)cc1N)S(C)(=O)=O. The molecule has 0 aliphatic heterocycles. The molecule has 1 amide bonds. The highest BCUT2D eigenvalue weighted by Crippen LogP contribution is 2.23. The van der Waals surface area contributed by atoms with E-state index >= 15 is 0 Å². The van der Waals surface area contributed by atoms with Crippen molar-refractivity contribution < 1.29 is 13.2 Å². The first-order chi connectivity index (χ1) is 7.71. The van der Waals surface area contributed by atoms with Gasteiger partial charge in [-0.25, -0.2) is 8.42 Å². The quantitative estimate of drug-likeness (QED) is 0.814. The maximum atomic E-state index is 11.6. The van der Waals surface area contributed by atoms with Crippen molar-refractivity contribution in [2.24, 2.45) is 0 Å². The van der Waals surface area contributed by atoms with Gasteiger partial charge in [-0.05, 0) is 25.1 Å². The number of nitrogens with two attached hydrogens (primary N) is 1. The molecule has 0 aromatic heterocycles. The molecule has 3 N–H and O–H groups in total. The average molecular weight is 277 g/mol. The van der Waals surface area contributed by atoms with Gasteiger partial charge in [0.2, 0.25) is 5.91 Å². The maximum absolute atomic E-state index is 11.6. The average Bonchev–Trinajstić information content (AvgIpc) is 2.19. The van der Waals surface area contributed by atoms with Crippen LogP contribution in [0.5, 0.6) is 0 Å². The number of amides is 1. The summed E-state index contributed by atoms with van der Waals surface area (Å²) in [4.78, 5) is 11.6. The summed E-state index contributed by atoms with van der Waals surface area (Å²) in [7, 11) is -3.42. The van der Waals surface area contributed by atoms with Gasteiger partial charge in [0.1, 0.15) is 5.25 Å². The molecular weight excluding hydrogens is 264 g/mol. The van der Waals surface area contributed by atoms with Crippen LogP contribution in [0.1, 0.15) is 6.92 Å². The molecular formula is C10H13ClN2O3S. The van der Waals surface area contributed by atoms with Crippen molar-refractivity contribution in [1.82, 2.24) is 0 Å². The normalized spacial score (nSPS) is 13.1. The molecule has 0 saturated heterocycles. The van der Waals surface area contributed by atoms with Gasteiger partial charge >= 0.3 is 0 Å². The van der Waals surface area contributed by atoms with Crippen molar-refractivity contribution in [3.8, 4) is 0 Å². The number of rotatable bonds is 3. The summed E-state index contributed by atoms with van der Waals surface area (Å²) in [5.41, 5.74) is 6.26. The number of benzene rings is 1. The van der Waals surface area contributed by atoms with E-state index in [1.54, 1.807) is 6.07 Å². The summed E-state index contributed by atoms with van der Waals surface area (Å²) in [6.07, 6.45) is 1.00. The molecule has 7 heteroatoms. The Morgan fingerprint density at radius 3 is 2.53 bits per heavy atom. The second-order valence-corrected chi connectivity index (χ2v) is 6.50. The van der Waals surface area contributed by atoms with E-state index in [1.165, 1.54) is 19.1 Å². The van der Waals surface area contributed by atoms with Crippen LogP contribution >= 0.6 is 11.6 Å². The Labute approximate surface area is 105 Å². The van der Waals surface area contributed by atoms with Gasteiger partial charge in [-0.1, -0.05) is 11.6 Å². The largest absolute Gasteiger partial charge is 0.397 e. The number of sulfone groups is 1. The van der Waals surface area contributed by atoms with Gasteiger partial charge in [0.15, 0.2) is 9.84 Å². The molecule has 0 bridgehead atoms. The van der Waals surface area contributed by atoms with Crippen molar-refractivity contribution >= 4 is 38.7 Å². The summed E-state index contributed by atoms with van der Waals surface area (Å²) in [6, 6.07) is 4.55. The second-order valence-electron chi connectivity index (χ2n) is 3.69. The lowest BCUT2D eigenvalue weighted by Crippen LogP contribution is -2.32. The van der Waals surface area contributed by atoms with Gasteiger partial charge in [0.05, 0.1) is 11.4 Å². The van der Waals surface area contributed by atoms with Gasteiger partial charge in [-0.3, -0.25) is 4.79 Å². The zero-order valence-electron chi connectivity index (χ0n) is 9.40. The molecule has 0 aliphatic rings. The fourth-order valence-corrected chi connectivity index (χ4v) is 1.70. The topological polar surface area (TPSA) is 89.3 Å². The molecule has 0 spiro atoms. The number of anilines is 2. The molecule has 0 aliphatic carbocycles. The lowest BCUT2D eigenvalue weighted by atomic mass is 10.2. The van der Waals surface area contributed by atoms with Crippen molar-refractivity contribution in [2.45, 2.75) is 12.2 Å². The predicted octanol–water partition coefficient (Wildman–Crippen LogP) is 1.29. The Balaban J connectivity index is 2.89. The lowest BCUT2D eigenvalue weighted by Gasteiger charge is -2.12. The number of carbonyl (C=O) groups excluding carboxylic acids is 1. The van der Waals surface area contributed by atoms with Crippen LogP contribution in [0.2, 0.25) is 5.02 Å². The molecule has 94 valence electrons. The molecule has 1 rings (SSSR count). The third-order valence-electron chi connectivity index (χ3n) is 2.28. The monoisotopic (exact) mass is 276 g/mol. The highest BCUT2D eigenvalue weighted by Gasteiger charge is 2.23. The molecule has 1 atom stereocenters. The van der Waals surface area contributed by atoms with Gasteiger partial charge in [-0.2, -0.15) is 0 Å². The van der Waals surface area contributed by atoms with Crippen molar-refractivity contribution in [3.05, 3.63) is 23.2 Å². The summed E-state index contributed by atoms with van der Waals surface area (Å²) in [5.74, 6) is -0.624. The van der Waals surface area contributed by atoms with Gasteiger partial charge in [0.25, 0.3) is 0 Å². The van der Waals surface area contributed by atoms with Crippen LogP contribution in [0.4, 0.5) is 11.4 Å². The van der Waals surface area contributed by atoms with E-state index in [-0.39, 0.29) is 5.69 Å². The minimum absolute atomic E-state index is 0.284. The van der Waals surface area contributed by atoms with E-state index in [1.807, 2.05) is 0 Å². The van der Waals surface area contributed by atoms with Gasteiger partial charge < -0.3 is 11.1 Å². The first-order valence-electron chi connectivity index (χ1n) is 4.76. The molecule has 1 aromatic rings. The van der Waals surface area contributed by atoms with E-state index in [0.717, 1.165) is 6.26 Å². The highest BCUT2D eigenvalue weighted by molar-refractivity contribution is 7.92. The number of hydrogen-bond acceptors (Lipinski definition) is 4. The molecule has 1 aromatic carbocycles. The molecule has 1 unspecified atom stereocenters. The zero-order valence-corrected chi connectivity index (χ0v) is 11.0. The summed E-state index contributed by atoms with van der Waals surface area (Å²) < 4.78 is 22.4. The number of nitrogen functional groups attached to an aromatic ring is 1. The standard InChI is InChI=1S/C10H13ClN2O3S/c1-6(17(2,15)16)10(14)13-9-4-3-7(11)5-8(9)12/h3-6H,12H2,1-2H3,(H,13,14). The van der Waals surface area contributed by atoms with Crippen LogP contribution in [0.15, 0.2) is 18.2 Å². The fourth-order valence-electron chi connectivity index (χ4n) is 1.08. The lowest BCUT2D eigenvalue weighted by molar-refractivity contribution is -0.115. The van der Waals surface area contributed by atoms with E-state index in [4.69, 9.17) is 17.3 Å². The van der Waals surface area contributed by atoms with Crippen LogP contribution in [-0.2, 0) is 14.6 Å². The summed E-state index contributed by atoms with van der Waals surface area (Å²) in [6.45, 7) is 1.32. The van der Waals surface area contributed by atoms with Crippen LogP contribution < -0.4 is 11.1 Å². The molecule has 5 nitrogen and oxygen atoms in total. The van der Waals surface area contributed by atoms with E-state index in [0.29, 0.717) is 10.7 Å². The van der Waals surface area contributed by atoms with E-state index in [9.17, 15) is 13.2 Å². The van der Waals surface area contributed by atoms with Crippen LogP contribution in [0.3, 0.4) is 0 Å². The zero-order chi connectivity index (χ0) is 13.2. The predicted molar refractivity (Wildman–Crippen MR) is 68.8 cm³/mol. The minimum Gasteiger partial charge on any atom is -0.397 e. The number of hydrogen-bond donors (Lipinski definition) is 2. The number of nitrogens with one attached hydrogen (secondary N) is 1. The smallest absolute Gasteiger partial charge is 0.242 e. The Bertz CT molecular complexity index is 542. The van der Waals surface area contributed by atoms with Crippen LogP contribution in [0.25, 0.3) is 0 Å². The Hall–Kier alpha value is -1.27. The van der Waals surface area contributed by atoms with E-state index in [2.05, 4.69) is 5.32 Å². The minimum atomic E-state index is -3.42. The molecule has 17 heavy (non-hydrogen) atoms. The van der Waals surface area contributed by atoms with Crippen LogP contribution in [-0.4, -0.2) is 25.8 Å².